The second kappa shape index (κ2) is 1.20. The lowest BCUT2D eigenvalue weighted by Crippen LogP contribution is -2.18. The number of amides is 1. The lowest BCUT2D eigenvalue weighted by atomic mass is 10.4. The Bertz CT molecular complexity index is 102. The first-order valence-corrected chi connectivity index (χ1v) is 2.26. The fourth-order valence-electron chi connectivity index (χ4n) is 0.542. The van der Waals surface area contributed by atoms with Gasteiger partial charge in [0, 0.05) is 6.04 Å². The molecule has 3 heteroatoms. The second-order valence-electron chi connectivity index (χ2n) is 1.91. The summed E-state index contributed by atoms with van der Waals surface area (Å²) >= 11 is 0. The Balaban J connectivity index is 2.33. The first-order valence-electron chi connectivity index (χ1n) is 2.26. The van der Waals surface area contributed by atoms with Crippen LogP contribution in [0.4, 0.5) is 0 Å². The quantitative estimate of drug-likeness (QED) is 0.435. The van der Waals surface area contributed by atoms with Crippen LogP contribution < -0.4 is 11.5 Å². The molecule has 1 amide bonds. The number of carbonyl (C=O) groups is 1. The standard InChI is InChI=1S/C4H8N2O/c5-3-1-2(3)4(6)7/h2-3H,1,5H2,(H2,6,7)/t2-,3?/m0/s1. The van der Waals surface area contributed by atoms with Gasteiger partial charge in [0.05, 0.1) is 5.92 Å². The van der Waals surface area contributed by atoms with Crippen molar-refractivity contribution >= 4 is 5.91 Å². The van der Waals surface area contributed by atoms with Crippen LogP contribution in [0.1, 0.15) is 6.42 Å². The Morgan fingerprint density at radius 1 is 1.71 bits per heavy atom. The van der Waals surface area contributed by atoms with E-state index in [1.165, 1.54) is 0 Å². The van der Waals surface area contributed by atoms with Crippen LogP contribution in [0, 0.1) is 5.92 Å². The van der Waals surface area contributed by atoms with Crippen LogP contribution >= 0.6 is 0 Å². The van der Waals surface area contributed by atoms with E-state index in [-0.39, 0.29) is 17.9 Å². The lowest BCUT2D eigenvalue weighted by molar-refractivity contribution is -0.119. The van der Waals surface area contributed by atoms with Crippen LogP contribution in [-0.2, 0) is 4.79 Å². The lowest BCUT2D eigenvalue weighted by Gasteiger charge is -1.81. The van der Waals surface area contributed by atoms with E-state index in [1.54, 1.807) is 0 Å². The monoisotopic (exact) mass is 100 g/mol. The molecule has 0 saturated heterocycles. The highest BCUT2D eigenvalue weighted by molar-refractivity contribution is 5.80. The zero-order chi connectivity index (χ0) is 5.44. The van der Waals surface area contributed by atoms with E-state index < -0.39 is 0 Å². The number of hydrogen-bond donors (Lipinski definition) is 2. The first kappa shape index (κ1) is 4.59. The van der Waals surface area contributed by atoms with Crippen molar-refractivity contribution in [2.45, 2.75) is 12.5 Å². The molecule has 40 valence electrons. The maximum atomic E-state index is 10.1. The van der Waals surface area contributed by atoms with Crippen LogP contribution in [0.25, 0.3) is 0 Å². The zero-order valence-electron chi connectivity index (χ0n) is 3.92. The van der Waals surface area contributed by atoms with Gasteiger partial charge in [0.1, 0.15) is 0 Å². The van der Waals surface area contributed by atoms with E-state index in [9.17, 15) is 4.79 Å². The number of nitrogens with two attached hydrogens (primary N) is 2. The normalized spacial score (nSPS) is 37.9. The van der Waals surface area contributed by atoms with Crippen molar-refractivity contribution in [1.29, 1.82) is 0 Å². The summed E-state index contributed by atoms with van der Waals surface area (Å²) in [4.78, 5) is 10.1. The fourth-order valence-corrected chi connectivity index (χ4v) is 0.542. The molecule has 0 bridgehead atoms. The molecule has 1 rings (SSSR count). The van der Waals surface area contributed by atoms with E-state index in [4.69, 9.17) is 11.5 Å². The van der Waals surface area contributed by atoms with Crippen LogP contribution in [-0.4, -0.2) is 11.9 Å². The molecule has 3 nitrogen and oxygen atoms in total. The van der Waals surface area contributed by atoms with Crippen LogP contribution in [0.3, 0.4) is 0 Å². The topological polar surface area (TPSA) is 69.1 Å². The van der Waals surface area contributed by atoms with Crippen molar-refractivity contribution in [2.24, 2.45) is 17.4 Å². The number of rotatable bonds is 1. The molecule has 0 heterocycles. The maximum Gasteiger partial charge on any atom is 0.222 e. The molecule has 0 aromatic rings. The van der Waals surface area contributed by atoms with E-state index in [0.717, 1.165) is 6.42 Å². The maximum absolute atomic E-state index is 10.1. The van der Waals surface area contributed by atoms with Gasteiger partial charge in [-0.05, 0) is 6.42 Å². The summed E-state index contributed by atoms with van der Waals surface area (Å²) in [5.74, 6) is -0.271. The van der Waals surface area contributed by atoms with Crippen LogP contribution in [0.2, 0.25) is 0 Å². The van der Waals surface area contributed by atoms with Crippen molar-refractivity contribution in [3.05, 3.63) is 0 Å². The molecule has 1 unspecified atom stereocenters. The van der Waals surface area contributed by atoms with E-state index in [1.807, 2.05) is 0 Å². The van der Waals surface area contributed by atoms with Crippen LogP contribution in [0.15, 0.2) is 0 Å². The minimum Gasteiger partial charge on any atom is -0.369 e. The summed E-state index contributed by atoms with van der Waals surface area (Å²) in [5, 5.41) is 0. The molecule has 0 spiro atoms. The zero-order valence-corrected chi connectivity index (χ0v) is 3.92. The average molecular weight is 100 g/mol. The number of primary amides is 1. The first-order chi connectivity index (χ1) is 3.22. The average Bonchev–Trinajstić information content (AvgIpc) is 2.17. The van der Waals surface area contributed by atoms with Gasteiger partial charge in [0.25, 0.3) is 0 Å². The Morgan fingerprint density at radius 2 is 2.14 bits per heavy atom. The smallest absolute Gasteiger partial charge is 0.222 e. The predicted octanol–water partition coefficient (Wildman–Crippen LogP) is -1.18. The molecule has 0 aromatic heterocycles. The third-order valence-corrected chi connectivity index (χ3v) is 1.21. The molecule has 2 atom stereocenters. The van der Waals surface area contributed by atoms with Crippen molar-refractivity contribution in [3.63, 3.8) is 0 Å². The van der Waals surface area contributed by atoms with Gasteiger partial charge in [-0.3, -0.25) is 4.79 Å². The molecule has 1 aliphatic carbocycles. The van der Waals surface area contributed by atoms with Crippen molar-refractivity contribution < 1.29 is 4.79 Å². The molecule has 0 aromatic carbocycles. The molecular formula is C4H8N2O. The molecule has 7 heavy (non-hydrogen) atoms. The summed E-state index contributed by atoms with van der Waals surface area (Å²) in [6.07, 6.45) is 0.787. The number of carbonyl (C=O) groups excluding carboxylic acids is 1. The van der Waals surface area contributed by atoms with E-state index in [2.05, 4.69) is 0 Å². The second-order valence-corrected chi connectivity index (χ2v) is 1.91. The van der Waals surface area contributed by atoms with Gasteiger partial charge >= 0.3 is 0 Å². The summed E-state index contributed by atoms with van der Waals surface area (Å²) in [7, 11) is 0. The minimum absolute atomic E-state index is 0.0139. The van der Waals surface area contributed by atoms with Crippen molar-refractivity contribution in [3.8, 4) is 0 Å². The Kier molecular flexibility index (Phi) is 0.785. The largest absolute Gasteiger partial charge is 0.369 e. The Hall–Kier alpha value is -0.570. The highest BCUT2D eigenvalue weighted by Gasteiger charge is 2.38. The molecule has 1 aliphatic rings. The third-order valence-electron chi connectivity index (χ3n) is 1.21. The van der Waals surface area contributed by atoms with Gasteiger partial charge in [0.2, 0.25) is 5.91 Å². The molecule has 1 saturated carbocycles. The third kappa shape index (κ3) is 0.718. The fraction of sp³-hybridized carbons (Fsp3) is 0.750. The highest BCUT2D eigenvalue weighted by atomic mass is 16.1. The van der Waals surface area contributed by atoms with Crippen molar-refractivity contribution in [2.75, 3.05) is 0 Å². The van der Waals surface area contributed by atoms with Gasteiger partial charge in [-0.2, -0.15) is 0 Å². The molecule has 0 aliphatic heterocycles. The Morgan fingerprint density at radius 3 is 2.14 bits per heavy atom. The van der Waals surface area contributed by atoms with Crippen molar-refractivity contribution in [1.82, 2.24) is 0 Å². The SMILES string of the molecule is NC(=O)[C@H]1CC1N. The molecule has 1 fully saturated rings. The molecule has 4 N–H and O–H groups in total. The van der Waals surface area contributed by atoms with Gasteiger partial charge in [-0.25, -0.2) is 0 Å². The van der Waals surface area contributed by atoms with E-state index >= 15 is 0 Å². The van der Waals surface area contributed by atoms with Crippen LogP contribution in [0.5, 0.6) is 0 Å². The van der Waals surface area contributed by atoms with E-state index in [0.29, 0.717) is 0 Å². The number of hydrogen-bond acceptors (Lipinski definition) is 2. The summed E-state index contributed by atoms with van der Waals surface area (Å²) in [6, 6.07) is 0.0671. The van der Waals surface area contributed by atoms with Gasteiger partial charge in [0.15, 0.2) is 0 Å². The molecule has 0 radical (unpaired) electrons. The van der Waals surface area contributed by atoms with Gasteiger partial charge in [-0.15, -0.1) is 0 Å². The summed E-state index contributed by atoms with van der Waals surface area (Å²) in [6.45, 7) is 0. The highest BCUT2D eigenvalue weighted by Crippen LogP contribution is 2.26. The minimum atomic E-state index is -0.257. The van der Waals surface area contributed by atoms with Gasteiger partial charge < -0.3 is 11.5 Å². The van der Waals surface area contributed by atoms with Gasteiger partial charge in [-0.1, -0.05) is 0 Å². The predicted molar refractivity (Wildman–Crippen MR) is 25.3 cm³/mol. The Labute approximate surface area is 41.7 Å². The summed E-state index contributed by atoms with van der Waals surface area (Å²) in [5.41, 5.74) is 10.1. The molecular weight excluding hydrogens is 92.1 g/mol. The summed E-state index contributed by atoms with van der Waals surface area (Å²) < 4.78 is 0.